The maximum absolute atomic E-state index is 3.57. The molecule has 0 radical (unpaired) electrons. The largest absolute Gasteiger partial charge is 0.343 e. The van der Waals surface area contributed by atoms with Crippen LogP contribution in [-0.2, 0) is 13.1 Å². The molecule has 1 fully saturated rings. The smallest absolute Gasteiger partial charge is 0.0483 e. The van der Waals surface area contributed by atoms with Gasteiger partial charge in [-0.1, -0.05) is 44.9 Å². The summed E-state index contributed by atoms with van der Waals surface area (Å²) in [6, 6.07) is 11.7. The molecule has 0 bridgehead atoms. The molecule has 108 valence electrons. The molecule has 20 heavy (non-hydrogen) atoms. The molecule has 1 N–H and O–H groups in total. The highest BCUT2D eigenvalue weighted by molar-refractivity contribution is 5.81. The molecule has 2 heteroatoms. The van der Waals surface area contributed by atoms with Crippen molar-refractivity contribution in [3.8, 4) is 0 Å². The number of benzene rings is 1. The number of fused-ring (bicyclic) bond motifs is 1. The van der Waals surface area contributed by atoms with Crippen LogP contribution < -0.4 is 5.32 Å². The van der Waals surface area contributed by atoms with E-state index in [1.807, 2.05) is 0 Å². The summed E-state index contributed by atoms with van der Waals surface area (Å²) in [5, 5.41) is 4.95. The zero-order valence-electron chi connectivity index (χ0n) is 12.7. The molecule has 3 rings (SSSR count). The average Bonchev–Trinajstić information content (AvgIpc) is 3.05. The summed E-state index contributed by atoms with van der Waals surface area (Å²) >= 11 is 0. The molecule has 1 aromatic heterocycles. The second-order valence-corrected chi connectivity index (χ2v) is 6.49. The first kappa shape index (κ1) is 13.7. The Balaban J connectivity index is 1.90. The summed E-state index contributed by atoms with van der Waals surface area (Å²) in [5.41, 5.74) is 2.84. The van der Waals surface area contributed by atoms with Crippen LogP contribution in [0.2, 0.25) is 0 Å². The predicted octanol–water partition coefficient (Wildman–Crippen LogP) is 4.33. The maximum Gasteiger partial charge on any atom is 0.0483 e. The highest BCUT2D eigenvalue weighted by Gasteiger charge is 2.18. The molecular weight excluding hydrogens is 244 g/mol. The lowest BCUT2D eigenvalue weighted by Crippen LogP contribution is -2.24. The van der Waals surface area contributed by atoms with Crippen LogP contribution in [0.1, 0.15) is 45.2 Å². The number of nitrogens with zero attached hydrogens (tertiary/aromatic N) is 1. The van der Waals surface area contributed by atoms with Crippen molar-refractivity contribution in [1.29, 1.82) is 0 Å². The van der Waals surface area contributed by atoms with Crippen LogP contribution >= 0.6 is 0 Å². The summed E-state index contributed by atoms with van der Waals surface area (Å²) in [4.78, 5) is 0. The molecule has 1 aliphatic rings. The van der Waals surface area contributed by atoms with Gasteiger partial charge in [0, 0.05) is 30.3 Å². The minimum Gasteiger partial charge on any atom is -0.343 e. The summed E-state index contributed by atoms with van der Waals surface area (Å²) in [6.45, 7) is 6.59. The third-order valence-electron chi connectivity index (χ3n) is 4.50. The van der Waals surface area contributed by atoms with E-state index in [1.54, 1.807) is 0 Å². The number of hydrogen-bond acceptors (Lipinski definition) is 1. The van der Waals surface area contributed by atoms with E-state index in [4.69, 9.17) is 0 Å². The van der Waals surface area contributed by atoms with Crippen LogP contribution in [0.5, 0.6) is 0 Å². The first-order valence-electron chi connectivity index (χ1n) is 8.04. The molecule has 2 nitrogen and oxygen atoms in total. The lowest BCUT2D eigenvalue weighted by molar-refractivity contribution is 0.449. The average molecular weight is 270 g/mol. The van der Waals surface area contributed by atoms with Crippen LogP contribution in [0.25, 0.3) is 10.9 Å². The van der Waals surface area contributed by atoms with Crippen molar-refractivity contribution in [2.24, 2.45) is 5.92 Å². The van der Waals surface area contributed by atoms with Gasteiger partial charge in [-0.15, -0.1) is 0 Å². The van der Waals surface area contributed by atoms with Gasteiger partial charge in [-0.25, -0.2) is 0 Å². The number of hydrogen-bond donors (Lipinski definition) is 1. The van der Waals surface area contributed by atoms with E-state index in [0.717, 1.165) is 12.5 Å². The fourth-order valence-electron chi connectivity index (χ4n) is 3.39. The highest BCUT2D eigenvalue weighted by atomic mass is 15.0. The Labute approximate surface area is 122 Å². The van der Waals surface area contributed by atoms with Crippen LogP contribution in [0, 0.1) is 5.92 Å². The molecule has 1 aliphatic carbocycles. The Morgan fingerprint density at radius 2 is 1.95 bits per heavy atom. The molecule has 2 aromatic rings. The van der Waals surface area contributed by atoms with E-state index in [-0.39, 0.29) is 0 Å². The molecule has 0 spiro atoms. The van der Waals surface area contributed by atoms with Crippen molar-refractivity contribution >= 4 is 10.9 Å². The van der Waals surface area contributed by atoms with Crippen molar-refractivity contribution in [2.75, 3.05) is 0 Å². The molecule has 0 saturated heterocycles. The van der Waals surface area contributed by atoms with E-state index in [0.29, 0.717) is 6.04 Å². The van der Waals surface area contributed by atoms with Gasteiger partial charge in [0.05, 0.1) is 0 Å². The Bertz CT molecular complexity index is 562. The number of aromatic nitrogens is 1. The molecule has 1 heterocycles. The second-order valence-electron chi connectivity index (χ2n) is 6.49. The minimum absolute atomic E-state index is 0.535. The van der Waals surface area contributed by atoms with Crippen LogP contribution in [0.15, 0.2) is 30.3 Å². The third-order valence-corrected chi connectivity index (χ3v) is 4.50. The quantitative estimate of drug-likeness (QED) is 0.855. The Morgan fingerprint density at radius 3 is 2.70 bits per heavy atom. The van der Waals surface area contributed by atoms with Gasteiger partial charge in [0.15, 0.2) is 0 Å². The molecule has 0 atom stereocenters. The highest BCUT2D eigenvalue weighted by Crippen LogP contribution is 2.29. The summed E-state index contributed by atoms with van der Waals surface area (Å²) < 4.78 is 2.56. The molecular formula is C18H26N2. The van der Waals surface area contributed by atoms with Crippen LogP contribution in [-0.4, -0.2) is 10.6 Å². The van der Waals surface area contributed by atoms with E-state index in [2.05, 4.69) is 54.1 Å². The van der Waals surface area contributed by atoms with Gasteiger partial charge in [0.25, 0.3) is 0 Å². The SMILES string of the molecule is CC(C)NCc1cc2ccccc2n1CC1CCCC1. The summed E-state index contributed by atoms with van der Waals surface area (Å²) in [5.74, 6) is 0.878. The van der Waals surface area contributed by atoms with E-state index >= 15 is 0 Å². The molecule has 1 aromatic carbocycles. The van der Waals surface area contributed by atoms with Crippen molar-refractivity contribution in [1.82, 2.24) is 9.88 Å². The van der Waals surface area contributed by atoms with E-state index < -0.39 is 0 Å². The van der Waals surface area contributed by atoms with Gasteiger partial charge in [0.1, 0.15) is 0 Å². The maximum atomic E-state index is 3.57. The van der Waals surface area contributed by atoms with Crippen LogP contribution in [0.3, 0.4) is 0 Å². The Kier molecular flexibility index (Phi) is 4.11. The fraction of sp³-hybridized carbons (Fsp3) is 0.556. The molecule has 0 amide bonds. The number of rotatable bonds is 5. The third kappa shape index (κ3) is 2.90. The standard InChI is InChI=1S/C18H26N2/c1-14(2)19-12-17-11-16-9-5-6-10-18(16)20(17)13-15-7-3-4-8-15/h5-6,9-11,14-15,19H,3-4,7-8,12-13H2,1-2H3. The van der Waals surface area contributed by atoms with Gasteiger partial charge in [-0.3, -0.25) is 0 Å². The molecule has 1 saturated carbocycles. The lowest BCUT2D eigenvalue weighted by atomic mass is 10.1. The van der Waals surface area contributed by atoms with Crippen molar-refractivity contribution in [3.05, 3.63) is 36.0 Å². The second kappa shape index (κ2) is 6.01. The van der Waals surface area contributed by atoms with Gasteiger partial charge in [-0.2, -0.15) is 0 Å². The normalized spacial score (nSPS) is 16.6. The van der Waals surface area contributed by atoms with Gasteiger partial charge >= 0.3 is 0 Å². The topological polar surface area (TPSA) is 17.0 Å². The van der Waals surface area contributed by atoms with Gasteiger partial charge < -0.3 is 9.88 Å². The summed E-state index contributed by atoms with van der Waals surface area (Å²) in [7, 11) is 0. The summed E-state index contributed by atoms with van der Waals surface area (Å²) in [6.07, 6.45) is 5.65. The minimum atomic E-state index is 0.535. The van der Waals surface area contributed by atoms with Gasteiger partial charge in [-0.05, 0) is 36.3 Å². The lowest BCUT2D eigenvalue weighted by Gasteiger charge is -2.16. The predicted molar refractivity (Wildman–Crippen MR) is 85.9 cm³/mol. The number of nitrogens with one attached hydrogen (secondary N) is 1. The first-order valence-corrected chi connectivity index (χ1v) is 8.04. The van der Waals surface area contributed by atoms with Crippen molar-refractivity contribution < 1.29 is 0 Å². The van der Waals surface area contributed by atoms with Gasteiger partial charge in [0.2, 0.25) is 0 Å². The molecule has 0 unspecified atom stereocenters. The fourth-order valence-corrected chi connectivity index (χ4v) is 3.39. The van der Waals surface area contributed by atoms with Crippen LogP contribution in [0.4, 0.5) is 0 Å². The zero-order valence-corrected chi connectivity index (χ0v) is 12.7. The molecule has 0 aliphatic heterocycles. The van der Waals surface area contributed by atoms with E-state index in [1.165, 1.54) is 48.8 Å². The van der Waals surface area contributed by atoms with Crippen molar-refractivity contribution in [2.45, 2.75) is 58.7 Å². The number of para-hydroxylation sites is 1. The zero-order chi connectivity index (χ0) is 13.9. The Morgan fingerprint density at radius 1 is 1.20 bits per heavy atom. The Hall–Kier alpha value is -1.28. The monoisotopic (exact) mass is 270 g/mol. The first-order chi connectivity index (χ1) is 9.74. The van der Waals surface area contributed by atoms with E-state index in [9.17, 15) is 0 Å². The van der Waals surface area contributed by atoms with Crippen molar-refractivity contribution in [3.63, 3.8) is 0 Å².